The van der Waals surface area contributed by atoms with E-state index in [0.29, 0.717) is 17.1 Å². The van der Waals surface area contributed by atoms with Crippen LogP contribution >= 0.6 is 0 Å². The first kappa shape index (κ1) is 11.1. The van der Waals surface area contributed by atoms with Gasteiger partial charge in [-0.1, -0.05) is 0 Å². The highest BCUT2D eigenvalue weighted by atomic mass is 19.1. The van der Waals surface area contributed by atoms with Gasteiger partial charge in [0.1, 0.15) is 23.2 Å². The molecule has 0 radical (unpaired) electrons. The van der Waals surface area contributed by atoms with Crippen LogP contribution in [0.4, 0.5) is 4.39 Å². The largest absolute Gasteiger partial charge is 0.457 e. The molecule has 86 valence electrons. The standard InChI is InChI=1S/C13H11FN2O/c14-10-3-7-12(8-4-10)17-11-5-1-9(2-6-11)13(15)16/h1-8H,(H3,15,16). The summed E-state index contributed by atoms with van der Waals surface area (Å²) >= 11 is 0. The molecule has 0 heterocycles. The molecule has 3 N–H and O–H groups in total. The fourth-order valence-electron chi connectivity index (χ4n) is 1.34. The summed E-state index contributed by atoms with van der Waals surface area (Å²) in [6.07, 6.45) is 0. The molecule has 2 aromatic carbocycles. The van der Waals surface area contributed by atoms with Gasteiger partial charge in [-0.05, 0) is 48.5 Å². The third kappa shape index (κ3) is 2.81. The molecular formula is C13H11FN2O. The molecule has 0 saturated heterocycles. The van der Waals surface area contributed by atoms with Crippen molar-refractivity contribution < 1.29 is 9.13 Å². The first-order valence-corrected chi connectivity index (χ1v) is 5.03. The topological polar surface area (TPSA) is 59.1 Å². The number of hydrogen-bond donors (Lipinski definition) is 2. The van der Waals surface area contributed by atoms with Gasteiger partial charge < -0.3 is 10.5 Å². The summed E-state index contributed by atoms with van der Waals surface area (Å²) < 4.78 is 18.2. The van der Waals surface area contributed by atoms with Gasteiger partial charge in [-0.3, -0.25) is 5.41 Å². The lowest BCUT2D eigenvalue weighted by Gasteiger charge is -2.06. The molecule has 2 aromatic rings. The molecule has 0 fully saturated rings. The molecule has 2 rings (SSSR count). The van der Waals surface area contributed by atoms with E-state index in [1.54, 1.807) is 36.4 Å². The predicted molar refractivity (Wildman–Crippen MR) is 63.9 cm³/mol. The van der Waals surface area contributed by atoms with Gasteiger partial charge in [0, 0.05) is 5.56 Å². The molecule has 3 nitrogen and oxygen atoms in total. The first-order chi connectivity index (χ1) is 8.15. The van der Waals surface area contributed by atoms with Gasteiger partial charge in [-0.2, -0.15) is 0 Å². The van der Waals surface area contributed by atoms with Crippen molar-refractivity contribution in [2.24, 2.45) is 5.73 Å². The van der Waals surface area contributed by atoms with Crippen LogP contribution in [0.2, 0.25) is 0 Å². The SMILES string of the molecule is N=C(N)c1ccc(Oc2ccc(F)cc2)cc1. The Kier molecular flexibility index (Phi) is 3.05. The summed E-state index contributed by atoms with van der Waals surface area (Å²) in [5.74, 6) is 0.881. The zero-order chi connectivity index (χ0) is 12.3. The smallest absolute Gasteiger partial charge is 0.127 e. The Labute approximate surface area is 98.2 Å². The highest BCUT2D eigenvalue weighted by molar-refractivity contribution is 5.94. The molecule has 0 amide bonds. The zero-order valence-corrected chi connectivity index (χ0v) is 8.98. The Morgan fingerprint density at radius 2 is 1.41 bits per heavy atom. The van der Waals surface area contributed by atoms with Gasteiger partial charge in [0.05, 0.1) is 0 Å². The van der Waals surface area contributed by atoms with Crippen LogP contribution in [0.1, 0.15) is 5.56 Å². The van der Waals surface area contributed by atoms with Gasteiger partial charge in [0.2, 0.25) is 0 Å². The second kappa shape index (κ2) is 4.65. The number of benzene rings is 2. The van der Waals surface area contributed by atoms with Crippen LogP contribution in [0.5, 0.6) is 11.5 Å². The highest BCUT2D eigenvalue weighted by Gasteiger charge is 1.99. The van der Waals surface area contributed by atoms with Crippen LogP contribution in [0, 0.1) is 11.2 Å². The Morgan fingerprint density at radius 1 is 0.941 bits per heavy atom. The molecule has 4 heteroatoms. The number of hydrogen-bond acceptors (Lipinski definition) is 2. The summed E-state index contributed by atoms with van der Waals surface area (Å²) in [4.78, 5) is 0. The van der Waals surface area contributed by atoms with E-state index in [-0.39, 0.29) is 11.7 Å². The van der Waals surface area contributed by atoms with Crippen molar-refractivity contribution in [1.82, 2.24) is 0 Å². The highest BCUT2D eigenvalue weighted by Crippen LogP contribution is 2.21. The fourth-order valence-corrected chi connectivity index (χ4v) is 1.34. The molecule has 0 aliphatic rings. The Bertz CT molecular complexity index is 520. The van der Waals surface area contributed by atoms with E-state index in [1.165, 1.54) is 12.1 Å². The quantitative estimate of drug-likeness (QED) is 0.629. The van der Waals surface area contributed by atoms with Crippen LogP contribution in [0.25, 0.3) is 0 Å². The van der Waals surface area contributed by atoms with Gasteiger partial charge in [-0.15, -0.1) is 0 Å². The van der Waals surface area contributed by atoms with Gasteiger partial charge in [0.15, 0.2) is 0 Å². The van der Waals surface area contributed by atoms with Crippen LogP contribution < -0.4 is 10.5 Å². The Hall–Kier alpha value is -2.36. The fraction of sp³-hybridized carbons (Fsp3) is 0. The molecule has 0 aromatic heterocycles. The van der Waals surface area contributed by atoms with Crippen molar-refractivity contribution >= 4 is 5.84 Å². The van der Waals surface area contributed by atoms with Crippen molar-refractivity contribution in [3.63, 3.8) is 0 Å². The lowest BCUT2D eigenvalue weighted by atomic mass is 10.2. The molecule has 0 spiro atoms. The molecule has 0 atom stereocenters. The van der Waals surface area contributed by atoms with Gasteiger partial charge in [-0.25, -0.2) is 4.39 Å². The maximum Gasteiger partial charge on any atom is 0.127 e. The summed E-state index contributed by atoms with van der Waals surface area (Å²) in [5, 5.41) is 7.25. The number of nitrogens with two attached hydrogens (primary N) is 1. The van der Waals surface area contributed by atoms with Crippen molar-refractivity contribution in [3.05, 3.63) is 59.9 Å². The molecule has 0 aliphatic heterocycles. The van der Waals surface area contributed by atoms with Crippen LogP contribution in [0.15, 0.2) is 48.5 Å². The molecular weight excluding hydrogens is 219 g/mol. The second-order valence-electron chi connectivity index (χ2n) is 3.49. The molecule has 17 heavy (non-hydrogen) atoms. The van der Waals surface area contributed by atoms with Crippen molar-refractivity contribution in [1.29, 1.82) is 5.41 Å². The minimum absolute atomic E-state index is 0.0123. The maximum atomic E-state index is 12.7. The summed E-state index contributed by atoms with van der Waals surface area (Å²) in [6.45, 7) is 0. The average Bonchev–Trinajstić information content (AvgIpc) is 2.33. The second-order valence-corrected chi connectivity index (χ2v) is 3.49. The Morgan fingerprint density at radius 3 is 1.88 bits per heavy atom. The lowest BCUT2D eigenvalue weighted by Crippen LogP contribution is -2.10. The predicted octanol–water partition coefficient (Wildman–Crippen LogP) is 2.90. The average molecular weight is 230 g/mol. The third-order valence-electron chi connectivity index (χ3n) is 2.21. The summed E-state index contributed by atoms with van der Waals surface area (Å²) in [7, 11) is 0. The van der Waals surface area contributed by atoms with E-state index in [4.69, 9.17) is 15.9 Å². The summed E-state index contributed by atoms with van der Waals surface area (Å²) in [6, 6.07) is 12.6. The minimum atomic E-state index is -0.302. The van der Waals surface area contributed by atoms with E-state index in [0.717, 1.165) is 0 Å². The molecule has 0 aliphatic carbocycles. The van der Waals surface area contributed by atoms with Crippen molar-refractivity contribution in [3.8, 4) is 11.5 Å². The Balaban J connectivity index is 2.13. The monoisotopic (exact) mass is 230 g/mol. The lowest BCUT2D eigenvalue weighted by molar-refractivity contribution is 0.480. The van der Waals surface area contributed by atoms with E-state index in [9.17, 15) is 4.39 Å². The zero-order valence-electron chi connectivity index (χ0n) is 8.98. The van der Waals surface area contributed by atoms with E-state index >= 15 is 0 Å². The van der Waals surface area contributed by atoms with Crippen molar-refractivity contribution in [2.45, 2.75) is 0 Å². The number of halogens is 1. The van der Waals surface area contributed by atoms with E-state index in [2.05, 4.69) is 0 Å². The number of rotatable bonds is 3. The normalized spacial score (nSPS) is 9.94. The van der Waals surface area contributed by atoms with Crippen LogP contribution in [-0.2, 0) is 0 Å². The number of amidine groups is 1. The first-order valence-electron chi connectivity index (χ1n) is 5.03. The van der Waals surface area contributed by atoms with Crippen LogP contribution in [-0.4, -0.2) is 5.84 Å². The third-order valence-corrected chi connectivity index (χ3v) is 2.21. The molecule has 0 saturated carbocycles. The van der Waals surface area contributed by atoms with E-state index < -0.39 is 0 Å². The van der Waals surface area contributed by atoms with E-state index in [1.807, 2.05) is 0 Å². The maximum absolute atomic E-state index is 12.7. The van der Waals surface area contributed by atoms with Gasteiger partial charge >= 0.3 is 0 Å². The molecule has 0 bridgehead atoms. The molecule has 0 unspecified atom stereocenters. The van der Waals surface area contributed by atoms with Crippen molar-refractivity contribution in [2.75, 3.05) is 0 Å². The number of nitrogen functional groups attached to an aromatic ring is 1. The minimum Gasteiger partial charge on any atom is -0.457 e. The number of nitrogens with one attached hydrogen (secondary N) is 1. The number of ether oxygens (including phenoxy) is 1. The summed E-state index contributed by atoms with van der Waals surface area (Å²) in [5.41, 5.74) is 5.97. The van der Waals surface area contributed by atoms with Gasteiger partial charge in [0.25, 0.3) is 0 Å². The van der Waals surface area contributed by atoms with Crippen LogP contribution in [0.3, 0.4) is 0 Å².